The zero-order valence-corrected chi connectivity index (χ0v) is 17.7. The predicted octanol–water partition coefficient (Wildman–Crippen LogP) is 5.94. The Morgan fingerprint density at radius 2 is 1.55 bits per heavy atom. The number of allylic oxidation sites excluding steroid dienone is 1. The summed E-state index contributed by atoms with van der Waals surface area (Å²) < 4.78 is 7.77. The van der Waals surface area contributed by atoms with Gasteiger partial charge in [-0.2, -0.15) is 0 Å². The number of carbonyl (C=O) groups is 2. The quantitative estimate of drug-likeness (QED) is 0.207. The first kappa shape index (κ1) is 19.4. The number of halogens is 2. The van der Waals surface area contributed by atoms with E-state index >= 15 is 0 Å². The van der Waals surface area contributed by atoms with Gasteiger partial charge in [0.25, 0.3) is 0 Å². The molecular formula is C25H13Cl2NO3. The Kier molecular flexibility index (Phi) is 4.59. The maximum Gasteiger partial charge on any atom is 0.197 e. The average molecular weight is 446 g/mol. The molecule has 0 amide bonds. The maximum absolute atomic E-state index is 12.7. The molecule has 0 N–H and O–H groups in total. The van der Waals surface area contributed by atoms with E-state index in [0.29, 0.717) is 11.3 Å². The van der Waals surface area contributed by atoms with Crippen LogP contribution in [0.1, 0.15) is 37.7 Å². The normalized spacial score (nSPS) is 12.8. The van der Waals surface area contributed by atoms with Crippen LogP contribution in [-0.2, 0) is 7.05 Å². The standard InChI is InChI=1S/C25H13Cl2NO3/c1-28-15(8-7-14-5-3-2-4-6-14)9-23-22(28)11-16(31-23)10-19-24(29)17-12-20(26)21(27)13-18(17)25(19)30/h2-6,9-13H,1H3. The second-order valence-corrected chi connectivity index (χ2v) is 7.95. The molecule has 0 saturated carbocycles. The van der Waals surface area contributed by atoms with Crippen molar-refractivity contribution in [2.75, 3.05) is 0 Å². The zero-order valence-electron chi connectivity index (χ0n) is 16.2. The van der Waals surface area contributed by atoms with Crippen molar-refractivity contribution in [3.63, 3.8) is 0 Å². The van der Waals surface area contributed by atoms with Crippen LogP contribution in [0.15, 0.2) is 64.6 Å². The SMILES string of the molecule is Cn1c(C#Cc2ccccc2)cc2oc(C=C3C(=O)c4cc(Cl)c(Cl)cc4C3=O)cc21. The second kappa shape index (κ2) is 7.31. The number of Topliss-reactive ketones (excluding diaryl/α,β-unsaturated/α-hetero) is 2. The molecule has 1 aliphatic rings. The molecule has 0 atom stereocenters. The lowest BCUT2D eigenvalue weighted by Gasteiger charge is -1.98. The van der Waals surface area contributed by atoms with Crippen LogP contribution in [0.4, 0.5) is 0 Å². The summed E-state index contributed by atoms with van der Waals surface area (Å²) in [5.74, 6) is 5.88. The summed E-state index contributed by atoms with van der Waals surface area (Å²) in [6.07, 6.45) is 1.46. The number of fused-ring (bicyclic) bond motifs is 2. The number of aromatic nitrogens is 1. The first-order valence-corrected chi connectivity index (χ1v) is 10.1. The average Bonchev–Trinajstić information content (AvgIpc) is 3.36. The van der Waals surface area contributed by atoms with Crippen LogP contribution in [0, 0.1) is 11.8 Å². The van der Waals surface area contributed by atoms with Gasteiger partial charge in [-0.05, 0) is 36.3 Å². The van der Waals surface area contributed by atoms with E-state index in [4.69, 9.17) is 27.6 Å². The molecule has 31 heavy (non-hydrogen) atoms. The number of hydrogen-bond acceptors (Lipinski definition) is 3. The van der Waals surface area contributed by atoms with Crippen molar-refractivity contribution in [3.05, 3.63) is 98.4 Å². The highest BCUT2D eigenvalue weighted by atomic mass is 35.5. The molecule has 2 aromatic heterocycles. The molecule has 5 rings (SSSR count). The third-order valence-electron chi connectivity index (χ3n) is 5.18. The van der Waals surface area contributed by atoms with Crippen molar-refractivity contribution in [1.82, 2.24) is 4.57 Å². The van der Waals surface area contributed by atoms with Gasteiger partial charge < -0.3 is 8.98 Å². The molecule has 0 spiro atoms. The van der Waals surface area contributed by atoms with Gasteiger partial charge in [0.15, 0.2) is 17.1 Å². The molecule has 4 aromatic rings. The van der Waals surface area contributed by atoms with Gasteiger partial charge in [0.05, 0.1) is 26.8 Å². The van der Waals surface area contributed by atoms with E-state index in [2.05, 4.69) is 11.8 Å². The van der Waals surface area contributed by atoms with Crippen molar-refractivity contribution in [1.29, 1.82) is 0 Å². The van der Waals surface area contributed by atoms with Crippen molar-refractivity contribution in [2.24, 2.45) is 7.05 Å². The van der Waals surface area contributed by atoms with Gasteiger partial charge in [-0.25, -0.2) is 0 Å². The highest BCUT2D eigenvalue weighted by molar-refractivity contribution is 6.46. The van der Waals surface area contributed by atoms with Gasteiger partial charge in [-0.1, -0.05) is 47.3 Å². The van der Waals surface area contributed by atoms with Crippen LogP contribution in [0.25, 0.3) is 17.2 Å². The number of ketones is 2. The molecule has 0 fully saturated rings. The fraction of sp³-hybridized carbons (Fsp3) is 0.0400. The Labute approximate surface area is 187 Å². The number of nitrogens with zero attached hydrogens (tertiary/aromatic N) is 1. The minimum Gasteiger partial charge on any atom is -0.455 e. The van der Waals surface area contributed by atoms with Crippen LogP contribution >= 0.6 is 23.2 Å². The van der Waals surface area contributed by atoms with E-state index in [1.165, 1.54) is 18.2 Å². The molecule has 0 saturated heterocycles. The van der Waals surface area contributed by atoms with E-state index in [0.717, 1.165) is 16.8 Å². The molecule has 4 nitrogen and oxygen atoms in total. The molecular weight excluding hydrogens is 433 g/mol. The fourth-order valence-electron chi connectivity index (χ4n) is 3.57. The minimum atomic E-state index is -0.395. The fourth-order valence-corrected chi connectivity index (χ4v) is 3.90. The number of furan rings is 1. The van der Waals surface area contributed by atoms with Crippen molar-refractivity contribution in [2.45, 2.75) is 0 Å². The Hall–Kier alpha value is -3.52. The van der Waals surface area contributed by atoms with Gasteiger partial charge >= 0.3 is 0 Å². The Morgan fingerprint density at radius 3 is 2.16 bits per heavy atom. The first-order valence-electron chi connectivity index (χ1n) is 9.39. The first-order chi connectivity index (χ1) is 14.9. The molecule has 6 heteroatoms. The van der Waals surface area contributed by atoms with E-state index in [-0.39, 0.29) is 26.7 Å². The molecule has 150 valence electrons. The predicted molar refractivity (Wildman–Crippen MR) is 121 cm³/mol. The highest BCUT2D eigenvalue weighted by Gasteiger charge is 2.34. The molecule has 0 unspecified atom stereocenters. The summed E-state index contributed by atoms with van der Waals surface area (Å²) in [4.78, 5) is 25.4. The van der Waals surface area contributed by atoms with E-state index in [9.17, 15) is 9.59 Å². The summed E-state index contributed by atoms with van der Waals surface area (Å²) in [5.41, 5.74) is 3.67. The number of aryl methyl sites for hydroxylation is 1. The lowest BCUT2D eigenvalue weighted by Crippen LogP contribution is -1.99. The van der Waals surface area contributed by atoms with Crippen LogP contribution < -0.4 is 0 Å². The summed E-state index contributed by atoms with van der Waals surface area (Å²) >= 11 is 12.0. The second-order valence-electron chi connectivity index (χ2n) is 7.13. The molecule has 2 aromatic carbocycles. The number of carbonyl (C=O) groups excluding carboxylic acids is 2. The van der Waals surface area contributed by atoms with Gasteiger partial charge in [-0.3, -0.25) is 9.59 Å². The summed E-state index contributed by atoms with van der Waals surface area (Å²) in [6.45, 7) is 0. The van der Waals surface area contributed by atoms with E-state index in [1.807, 2.05) is 48.0 Å². The Morgan fingerprint density at radius 1 is 0.903 bits per heavy atom. The molecule has 0 bridgehead atoms. The van der Waals surface area contributed by atoms with Gasteiger partial charge in [0, 0.05) is 35.9 Å². The summed E-state index contributed by atoms with van der Waals surface area (Å²) in [5, 5.41) is 0.464. The number of benzene rings is 2. The van der Waals surface area contributed by atoms with Gasteiger partial charge in [0.1, 0.15) is 5.76 Å². The smallest absolute Gasteiger partial charge is 0.197 e. The molecule has 2 heterocycles. The number of rotatable bonds is 1. The maximum atomic E-state index is 12.7. The highest BCUT2D eigenvalue weighted by Crippen LogP contribution is 2.35. The topological polar surface area (TPSA) is 52.2 Å². The third-order valence-corrected chi connectivity index (χ3v) is 5.91. The lowest BCUT2D eigenvalue weighted by atomic mass is 10.1. The van der Waals surface area contributed by atoms with Crippen LogP contribution in [0.2, 0.25) is 10.0 Å². The van der Waals surface area contributed by atoms with Crippen molar-refractivity contribution >= 4 is 51.9 Å². The van der Waals surface area contributed by atoms with E-state index < -0.39 is 11.6 Å². The molecule has 0 radical (unpaired) electrons. The van der Waals surface area contributed by atoms with E-state index in [1.54, 1.807) is 6.07 Å². The minimum absolute atomic E-state index is 0.0245. The lowest BCUT2D eigenvalue weighted by molar-refractivity contribution is 0.0990. The largest absolute Gasteiger partial charge is 0.455 e. The summed E-state index contributed by atoms with van der Waals surface area (Å²) in [6, 6.07) is 16.2. The zero-order chi connectivity index (χ0) is 21.7. The number of hydrogen-bond donors (Lipinski definition) is 0. The third kappa shape index (κ3) is 3.29. The van der Waals surface area contributed by atoms with Crippen LogP contribution in [0.5, 0.6) is 0 Å². The monoisotopic (exact) mass is 445 g/mol. The van der Waals surface area contributed by atoms with Gasteiger partial charge in [-0.15, -0.1) is 0 Å². The van der Waals surface area contributed by atoms with Crippen molar-refractivity contribution in [3.8, 4) is 11.8 Å². The Bertz CT molecular complexity index is 1450. The van der Waals surface area contributed by atoms with Crippen molar-refractivity contribution < 1.29 is 14.0 Å². The van der Waals surface area contributed by atoms with Crippen LogP contribution in [0.3, 0.4) is 0 Å². The summed E-state index contributed by atoms with van der Waals surface area (Å²) in [7, 11) is 1.88. The molecule has 0 aliphatic heterocycles. The van der Waals surface area contributed by atoms with Gasteiger partial charge in [0.2, 0.25) is 0 Å². The Balaban J connectivity index is 1.50. The van der Waals surface area contributed by atoms with Crippen LogP contribution in [-0.4, -0.2) is 16.1 Å². The molecule has 1 aliphatic carbocycles.